The van der Waals surface area contributed by atoms with Crippen LogP contribution in [0.4, 0.5) is 0 Å². The van der Waals surface area contributed by atoms with Gasteiger partial charge in [0.25, 0.3) is 0 Å². The standard InChI is InChI=1S/C25H18N2O/c1-28-22-15-12-21(13-16-22)25-20(11-10-19-7-3-2-4-8-19)14-17-24(27-25)23-9-5-6-18-26-23/h2-9,12-18H,1H3. The fraction of sp³-hybridized carbons (Fsp3) is 0.0400. The van der Waals surface area contributed by atoms with Gasteiger partial charge >= 0.3 is 0 Å². The zero-order valence-corrected chi connectivity index (χ0v) is 15.5. The fourth-order valence-electron chi connectivity index (χ4n) is 2.85. The van der Waals surface area contributed by atoms with Gasteiger partial charge in [-0.15, -0.1) is 0 Å². The first-order valence-corrected chi connectivity index (χ1v) is 8.97. The van der Waals surface area contributed by atoms with E-state index in [0.717, 1.165) is 39.5 Å². The number of hydrogen-bond acceptors (Lipinski definition) is 3. The summed E-state index contributed by atoms with van der Waals surface area (Å²) in [5, 5.41) is 0. The van der Waals surface area contributed by atoms with Crippen molar-refractivity contribution in [2.75, 3.05) is 7.11 Å². The highest BCUT2D eigenvalue weighted by molar-refractivity contribution is 5.71. The van der Waals surface area contributed by atoms with Crippen molar-refractivity contribution in [3.05, 3.63) is 102 Å². The summed E-state index contributed by atoms with van der Waals surface area (Å²) < 4.78 is 5.28. The van der Waals surface area contributed by atoms with Crippen LogP contribution < -0.4 is 4.74 Å². The number of benzene rings is 2. The summed E-state index contributed by atoms with van der Waals surface area (Å²) in [4.78, 5) is 9.29. The highest BCUT2D eigenvalue weighted by atomic mass is 16.5. The molecule has 0 aliphatic heterocycles. The van der Waals surface area contributed by atoms with E-state index in [0.29, 0.717) is 0 Å². The third-order valence-electron chi connectivity index (χ3n) is 4.30. The molecule has 0 saturated carbocycles. The SMILES string of the molecule is COc1ccc(-c2nc(-c3ccccn3)ccc2C#Cc2ccccc2)cc1. The quantitative estimate of drug-likeness (QED) is 0.469. The summed E-state index contributed by atoms with van der Waals surface area (Å²) in [5.41, 5.74) is 5.30. The van der Waals surface area contributed by atoms with E-state index < -0.39 is 0 Å². The van der Waals surface area contributed by atoms with Gasteiger partial charge < -0.3 is 4.74 Å². The maximum Gasteiger partial charge on any atom is 0.118 e. The summed E-state index contributed by atoms with van der Waals surface area (Å²) in [6.07, 6.45) is 1.77. The average Bonchev–Trinajstić information content (AvgIpc) is 2.79. The van der Waals surface area contributed by atoms with Crippen LogP contribution in [0, 0.1) is 11.8 Å². The summed E-state index contributed by atoms with van der Waals surface area (Å²) in [6, 6.07) is 27.6. The van der Waals surface area contributed by atoms with Gasteiger partial charge in [-0.2, -0.15) is 0 Å². The second kappa shape index (κ2) is 8.20. The number of ether oxygens (including phenoxy) is 1. The smallest absolute Gasteiger partial charge is 0.118 e. The van der Waals surface area contributed by atoms with Crippen LogP contribution in [0.1, 0.15) is 11.1 Å². The molecule has 0 saturated heterocycles. The Hall–Kier alpha value is -3.90. The summed E-state index contributed by atoms with van der Waals surface area (Å²) in [7, 11) is 1.66. The van der Waals surface area contributed by atoms with E-state index in [4.69, 9.17) is 9.72 Å². The Balaban J connectivity index is 1.82. The Morgan fingerprint density at radius 3 is 2.21 bits per heavy atom. The van der Waals surface area contributed by atoms with E-state index >= 15 is 0 Å². The highest BCUT2D eigenvalue weighted by Gasteiger charge is 2.09. The second-order valence-electron chi connectivity index (χ2n) is 6.15. The molecule has 0 N–H and O–H groups in total. The summed E-state index contributed by atoms with van der Waals surface area (Å²) in [5.74, 6) is 7.30. The van der Waals surface area contributed by atoms with Gasteiger partial charge in [-0.25, -0.2) is 4.98 Å². The molecule has 0 radical (unpaired) electrons. The van der Waals surface area contributed by atoms with E-state index in [1.165, 1.54) is 0 Å². The van der Waals surface area contributed by atoms with Crippen molar-refractivity contribution >= 4 is 0 Å². The van der Waals surface area contributed by atoms with Crippen LogP contribution in [0.2, 0.25) is 0 Å². The molecule has 4 rings (SSSR count). The van der Waals surface area contributed by atoms with Gasteiger partial charge in [-0.1, -0.05) is 36.1 Å². The van der Waals surface area contributed by atoms with Crippen LogP contribution in [0.15, 0.2) is 91.1 Å². The van der Waals surface area contributed by atoms with E-state index in [1.807, 2.05) is 84.9 Å². The Morgan fingerprint density at radius 1 is 0.714 bits per heavy atom. The van der Waals surface area contributed by atoms with Crippen LogP contribution in [-0.4, -0.2) is 17.1 Å². The van der Waals surface area contributed by atoms with Gasteiger partial charge in [0.15, 0.2) is 0 Å². The number of pyridine rings is 2. The predicted molar refractivity (Wildman–Crippen MR) is 112 cm³/mol. The molecule has 0 aliphatic rings. The van der Waals surface area contributed by atoms with Crippen LogP contribution in [0.3, 0.4) is 0 Å². The van der Waals surface area contributed by atoms with Crippen LogP contribution >= 0.6 is 0 Å². The zero-order chi connectivity index (χ0) is 19.2. The van der Waals surface area contributed by atoms with Crippen LogP contribution in [-0.2, 0) is 0 Å². The van der Waals surface area contributed by atoms with E-state index in [-0.39, 0.29) is 0 Å². The number of rotatable bonds is 3. The molecule has 2 aromatic heterocycles. The lowest BCUT2D eigenvalue weighted by Gasteiger charge is -2.08. The fourth-order valence-corrected chi connectivity index (χ4v) is 2.85. The Bertz CT molecular complexity index is 1130. The molecular weight excluding hydrogens is 344 g/mol. The van der Waals surface area contributed by atoms with Crippen molar-refractivity contribution in [2.24, 2.45) is 0 Å². The molecule has 0 bridgehead atoms. The van der Waals surface area contributed by atoms with E-state index in [1.54, 1.807) is 13.3 Å². The lowest BCUT2D eigenvalue weighted by molar-refractivity contribution is 0.415. The minimum absolute atomic E-state index is 0.807. The van der Waals surface area contributed by atoms with Crippen LogP contribution in [0.5, 0.6) is 5.75 Å². The maximum atomic E-state index is 5.28. The molecule has 0 unspecified atom stereocenters. The Labute approximate surface area is 164 Å². The largest absolute Gasteiger partial charge is 0.497 e. The van der Waals surface area contributed by atoms with Gasteiger partial charge in [0, 0.05) is 17.3 Å². The first-order chi connectivity index (χ1) is 13.8. The molecule has 0 fully saturated rings. The van der Waals surface area contributed by atoms with Crippen molar-refractivity contribution < 1.29 is 4.74 Å². The van der Waals surface area contributed by atoms with Gasteiger partial charge in [-0.3, -0.25) is 4.98 Å². The van der Waals surface area contributed by atoms with Crippen LogP contribution in [0.25, 0.3) is 22.6 Å². The first-order valence-electron chi connectivity index (χ1n) is 8.97. The van der Waals surface area contributed by atoms with Crippen molar-refractivity contribution in [2.45, 2.75) is 0 Å². The molecule has 3 nitrogen and oxygen atoms in total. The molecule has 0 spiro atoms. The van der Waals surface area contributed by atoms with Crippen molar-refractivity contribution in [3.63, 3.8) is 0 Å². The van der Waals surface area contributed by atoms with Gasteiger partial charge in [0.2, 0.25) is 0 Å². The molecule has 28 heavy (non-hydrogen) atoms. The minimum atomic E-state index is 0.807. The van der Waals surface area contributed by atoms with E-state index in [9.17, 15) is 0 Å². The molecule has 0 aliphatic carbocycles. The van der Waals surface area contributed by atoms with Crippen molar-refractivity contribution in [1.82, 2.24) is 9.97 Å². The highest BCUT2D eigenvalue weighted by Crippen LogP contribution is 2.26. The molecule has 134 valence electrons. The molecule has 2 heterocycles. The Morgan fingerprint density at radius 2 is 1.50 bits per heavy atom. The van der Waals surface area contributed by atoms with E-state index in [2.05, 4.69) is 16.8 Å². The number of nitrogens with zero attached hydrogens (tertiary/aromatic N) is 2. The Kier molecular flexibility index (Phi) is 5.13. The molecule has 2 aromatic carbocycles. The monoisotopic (exact) mass is 362 g/mol. The molecule has 0 amide bonds. The molecule has 0 atom stereocenters. The lowest BCUT2D eigenvalue weighted by Crippen LogP contribution is -1.94. The second-order valence-corrected chi connectivity index (χ2v) is 6.15. The number of methoxy groups -OCH3 is 1. The average molecular weight is 362 g/mol. The maximum absolute atomic E-state index is 5.28. The summed E-state index contributed by atoms with van der Waals surface area (Å²) >= 11 is 0. The van der Waals surface area contributed by atoms with Crippen molar-refractivity contribution in [3.8, 4) is 40.2 Å². The van der Waals surface area contributed by atoms with Gasteiger partial charge in [0.05, 0.1) is 29.8 Å². The molecular formula is C25H18N2O. The lowest BCUT2D eigenvalue weighted by atomic mass is 10.0. The molecule has 3 heteroatoms. The summed E-state index contributed by atoms with van der Waals surface area (Å²) in [6.45, 7) is 0. The number of hydrogen-bond donors (Lipinski definition) is 0. The first kappa shape index (κ1) is 17.5. The minimum Gasteiger partial charge on any atom is -0.497 e. The van der Waals surface area contributed by atoms with Gasteiger partial charge in [-0.05, 0) is 60.7 Å². The zero-order valence-electron chi connectivity index (χ0n) is 15.5. The normalized spacial score (nSPS) is 10.0. The third kappa shape index (κ3) is 3.92. The third-order valence-corrected chi connectivity index (χ3v) is 4.30. The predicted octanol–water partition coefficient (Wildman–Crippen LogP) is 5.22. The molecule has 4 aromatic rings. The topological polar surface area (TPSA) is 35.0 Å². The van der Waals surface area contributed by atoms with Crippen molar-refractivity contribution in [1.29, 1.82) is 0 Å². The number of aromatic nitrogens is 2. The van der Waals surface area contributed by atoms with Gasteiger partial charge in [0.1, 0.15) is 5.75 Å².